The number of benzene rings is 1. The van der Waals surface area contributed by atoms with E-state index < -0.39 is 6.10 Å². The molecule has 0 unspecified atom stereocenters. The number of likely N-dealkylation sites (N-methyl/N-ethyl adjacent to an activating group) is 1. The van der Waals surface area contributed by atoms with Crippen LogP contribution in [-0.2, 0) is 17.9 Å². The molecule has 0 fully saturated rings. The van der Waals surface area contributed by atoms with Crippen LogP contribution in [0.4, 0.5) is 5.82 Å². The Bertz CT molecular complexity index is 745. The number of hydrogen-bond donors (Lipinski definition) is 2. The van der Waals surface area contributed by atoms with E-state index in [-0.39, 0.29) is 12.5 Å². The van der Waals surface area contributed by atoms with E-state index in [0.29, 0.717) is 31.2 Å². The highest BCUT2D eigenvalue weighted by molar-refractivity contribution is 5.80. The molecule has 1 amide bonds. The van der Waals surface area contributed by atoms with E-state index >= 15 is 0 Å². The van der Waals surface area contributed by atoms with Crippen LogP contribution in [0.1, 0.15) is 19.4 Å². The smallest absolute Gasteiger partial charge is 0.262 e. The number of aliphatic hydroxyl groups excluding tert-OH is 1. The summed E-state index contributed by atoms with van der Waals surface area (Å²) in [6, 6.07) is 7.48. The lowest BCUT2D eigenvalue weighted by Crippen LogP contribution is -2.35. The summed E-state index contributed by atoms with van der Waals surface area (Å²) in [6.07, 6.45) is 1.08. The molecule has 2 aromatic rings. The molecule has 148 valence electrons. The number of aromatic nitrogens is 2. The SMILES string of the molecule is CCOc1cc(CNc2ccnn2CCO)ccc1O[C@H](C)C(=O)N(C)C. The van der Waals surface area contributed by atoms with Crippen LogP contribution in [0.15, 0.2) is 30.5 Å². The largest absolute Gasteiger partial charge is 0.490 e. The number of carbonyl (C=O) groups is 1. The first-order chi connectivity index (χ1) is 13.0. The molecule has 0 saturated carbocycles. The number of nitrogens with one attached hydrogen (secondary N) is 1. The molecule has 1 aromatic carbocycles. The van der Waals surface area contributed by atoms with Gasteiger partial charge >= 0.3 is 0 Å². The summed E-state index contributed by atoms with van der Waals surface area (Å²) in [5, 5.41) is 16.5. The minimum Gasteiger partial charge on any atom is -0.490 e. The maximum Gasteiger partial charge on any atom is 0.262 e. The molecule has 0 radical (unpaired) electrons. The minimum atomic E-state index is -0.601. The van der Waals surface area contributed by atoms with Crippen molar-refractivity contribution in [3.63, 3.8) is 0 Å². The van der Waals surface area contributed by atoms with Gasteiger partial charge in [-0.3, -0.25) is 4.79 Å². The molecule has 0 aliphatic heterocycles. The van der Waals surface area contributed by atoms with Crippen LogP contribution in [0.3, 0.4) is 0 Å². The van der Waals surface area contributed by atoms with Crippen LogP contribution in [0.2, 0.25) is 0 Å². The van der Waals surface area contributed by atoms with Crippen LogP contribution >= 0.6 is 0 Å². The fourth-order valence-electron chi connectivity index (χ4n) is 2.58. The van der Waals surface area contributed by atoms with Crippen molar-refractivity contribution in [3.8, 4) is 11.5 Å². The summed E-state index contributed by atoms with van der Waals surface area (Å²) >= 11 is 0. The van der Waals surface area contributed by atoms with Crippen LogP contribution in [-0.4, -0.2) is 59.1 Å². The average Bonchev–Trinajstić information content (AvgIpc) is 3.08. The maximum absolute atomic E-state index is 12.0. The Balaban J connectivity index is 2.09. The van der Waals surface area contributed by atoms with E-state index in [4.69, 9.17) is 14.6 Å². The van der Waals surface area contributed by atoms with Gasteiger partial charge in [-0.25, -0.2) is 4.68 Å². The number of hydrogen-bond acceptors (Lipinski definition) is 6. The van der Waals surface area contributed by atoms with Gasteiger partial charge in [0.25, 0.3) is 5.91 Å². The summed E-state index contributed by atoms with van der Waals surface area (Å²) in [7, 11) is 3.39. The molecule has 0 saturated heterocycles. The first-order valence-electron chi connectivity index (χ1n) is 8.96. The lowest BCUT2D eigenvalue weighted by atomic mass is 10.2. The summed E-state index contributed by atoms with van der Waals surface area (Å²) in [4.78, 5) is 13.5. The quantitative estimate of drug-likeness (QED) is 0.657. The summed E-state index contributed by atoms with van der Waals surface area (Å²) in [5.74, 6) is 1.85. The highest BCUT2D eigenvalue weighted by Gasteiger charge is 2.18. The number of aliphatic hydroxyl groups is 1. The third-order valence-electron chi connectivity index (χ3n) is 3.90. The van der Waals surface area contributed by atoms with Gasteiger partial charge in [0.15, 0.2) is 17.6 Å². The first kappa shape index (κ1) is 20.6. The van der Waals surface area contributed by atoms with Gasteiger partial charge in [0.05, 0.1) is 26.0 Å². The van der Waals surface area contributed by atoms with Gasteiger partial charge in [0.2, 0.25) is 0 Å². The number of amides is 1. The van der Waals surface area contributed by atoms with E-state index in [9.17, 15) is 4.79 Å². The first-order valence-corrected chi connectivity index (χ1v) is 8.96. The average molecular weight is 376 g/mol. The molecule has 8 nitrogen and oxygen atoms in total. The predicted octanol–water partition coefficient (Wildman–Crippen LogP) is 1.74. The molecular formula is C19H28N4O4. The second-order valence-electron chi connectivity index (χ2n) is 6.22. The van der Waals surface area contributed by atoms with Crippen LogP contribution in [0.5, 0.6) is 11.5 Å². The number of rotatable bonds is 10. The topological polar surface area (TPSA) is 88.9 Å². The highest BCUT2D eigenvalue weighted by Crippen LogP contribution is 2.30. The molecule has 0 spiro atoms. The Hall–Kier alpha value is -2.74. The van der Waals surface area contributed by atoms with Crippen molar-refractivity contribution < 1.29 is 19.4 Å². The molecule has 1 atom stereocenters. The van der Waals surface area contributed by atoms with Gasteiger partial charge in [-0.1, -0.05) is 6.07 Å². The van der Waals surface area contributed by atoms with E-state index in [1.54, 1.807) is 31.9 Å². The fraction of sp³-hybridized carbons (Fsp3) is 0.474. The van der Waals surface area contributed by atoms with Gasteiger partial charge in [-0.05, 0) is 31.5 Å². The lowest BCUT2D eigenvalue weighted by molar-refractivity contribution is -0.135. The van der Waals surface area contributed by atoms with Crippen LogP contribution in [0, 0.1) is 0 Å². The molecule has 0 aliphatic rings. The Morgan fingerprint density at radius 1 is 1.33 bits per heavy atom. The summed E-state index contributed by atoms with van der Waals surface area (Å²) in [5.41, 5.74) is 0.995. The Labute approximate surface area is 159 Å². The zero-order chi connectivity index (χ0) is 19.8. The van der Waals surface area contributed by atoms with Gasteiger partial charge in [-0.15, -0.1) is 0 Å². The second-order valence-corrected chi connectivity index (χ2v) is 6.22. The predicted molar refractivity (Wildman–Crippen MR) is 103 cm³/mol. The molecule has 1 heterocycles. The lowest BCUT2D eigenvalue weighted by Gasteiger charge is -2.20. The van der Waals surface area contributed by atoms with Gasteiger partial charge in [-0.2, -0.15) is 5.10 Å². The van der Waals surface area contributed by atoms with Crippen molar-refractivity contribution >= 4 is 11.7 Å². The van der Waals surface area contributed by atoms with E-state index in [1.165, 1.54) is 4.90 Å². The standard InChI is InChI=1S/C19H28N4O4/c1-5-26-17-12-15(13-20-18-8-9-21-23(18)10-11-24)6-7-16(17)27-14(2)19(25)22(3)4/h6-9,12,14,20,24H,5,10-11,13H2,1-4H3/t14-/m1/s1. The Morgan fingerprint density at radius 3 is 2.78 bits per heavy atom. The fourth-order valence-corrected chi connectivity index (χ4v) is 2.58. The van der Waals surface area contributed by atoms with Crippen molar-refractivity contribution in [1.82, 2.24) is 14.7 Å². The summed E-state index contributed by atoms with van der Waals surface area (Å²) < 4.78 is 13.2. The van der Waals surface area contributed by atoms with Crippen molar-refractivity contribution in [2.75, 3.05) is 32.6 Å². The molecule has 1 aromatic heterocycles. The third-order valence-corrected chi connectivity index (χ3v) is 3.90. The van der Waals surface area contributed by atoms with Crippen molar-refractivity contribution in [2.24, 2.45) is 0 Å². The van der Waals surface area contributed by atoms with Gasteiger partial charge in [0, 0.05) is 26.7 Å². The molecule has 0 aliphatic carbocycles. The molecule has 0 bridgehead atoms. The zero-order valence-corrected chi connectivity index (χ0v) is 16.3. The van der Waals surface area contributed by atoms with E-state index in [2.05, 4.69) is 10.4 Å². The Morgan fingerprint density at radius 2 is 2.11 bits per heavy atom. The number of carbonyl (C=O) groups excluding carboxylic acids is 1. The number of anilines is 1. The van der Waals surface area contributed by atoms with Gasteiger partial charge in [0.1, 0.15) is 5.82 Å². The third kappa shape index (κ3) is 5.62. The minimum absolute atomic E-state index is 0.0285. The van der Waals surface area contributed by atoms with Crippen LogP contribution in [0.25, 0.3) is 0 Å². The van der Waals surface area contributed by atoms with Gasteiger partial charge < -0.3 is 24.8 Å². The normalized spacial score (nSPS) is 11.7. The van der Waals surface area contributed by atoms with Crippen molar-refractivity contribution in [1.29, 1.82) is 0 Å². The maximum atomic E-state index is 12.0. The van der Waals surface area contributed by atoms with Crippen molar-refractivity contribution in [2.45, 2.75) is 33.0 Å². The Kier molecular flexibility index (Phi) is 7.48. The molecular weight excluding hydrogens is 348 g/mol. The number of nitrogens with zero attached hydrogens (tertiary/aromatic N) is 3. The molecule has 27 heavy (non-hydrogen) atoms. The molecule has 2 N–H and O–H groups in total. The second kappa shape index (κ2) is 9.82. The monoisotopic (exact) mass is 376 g/mol. The molecule has 2 rings (SSSR count). The zero-order valence-electron chi connectivity index (χ0n) is 16.3. The summed E-state index contributed by atoms with van der Waals surface area (Å²) in [6.45, 7) is 5.13. The van der Waals surface area contributed by atoms with E-state index in [0.717, 1.165) is 11.4 Å². The molecule has 8 heteroatoms. The van der Waals surface area contributed by atoms with Crippen molar-refractivity contribution in [3.05, 3.63) is 36.0 Å². The number of ether oxygens (including phenoxy) is 2. The van der Waals surface area contributed by atoms with Crippen LogP contribution < -0.4 is 14.8 Å². The highest BCUT2D eigenvalue weighted by atomic mass is 16.5. The van der Waals surface area contributed by atoms with E-state index in [1.807, 2.05) is 31.2 Å².